The summed E-state index contributed by atoms with van der Waals surface area (Å²) in [7, 11) is 0. The fourth-order valence-corrected chi connectivity index (χ4v) is 2.39. The third-order valence-electron chi connectivity index (χ3n) is 3.28. The number of halogens is 1. The number of H-pyrrole nitrogens is 1. The van der Waals surface area contributed by atoms with Gasteiger partial charge < -0.3 is 10.1 Å². The van der Waals surface area contributed by atoms with Crippen LogP contribution in [0.1, 0.15) is 15.9 Å². The summed E-state index contributed by atoms with van der Waals surface area (Å²) in [5, 5.41) is 18.5. The van der Waals surface area contributed by atoms with Crippen LogP contribution in [0, 0.1) is 0 Å². The van der Waals surface area contributed by atoms with E-state index in [2.05, 4.69) is 15.2 Å². The Morgan fingerprint density at radius 1 is 1.23 bits per heavy atom. The Morgan fingerprint density at radius 3 is 2.86 bits per heavy atom. The minimum atomic E-state index is -1.08. The lowest BCUT2D eigenvalue weighted by molar-refractivity contribution is 0.0697. The van der Waals surface area contributed by atoms with Crippen molar-refractivity contribution in [3.05, 3.63) is 64.8 Å². The molecule has 0 radical (unpaired) electrons. The lowest BCUT2D eigenvalue weighted by atomic mass is 10.2. The fourth-order valence-electron chi connectivity index (χ4n) is 2.19. The predicted octanol–water partition coefficient (Wildman–Crippen LogP) is 4.80. The molecule has 6 heteroatoms. The molecule has 0 saturated heterocycles. The van der Waals surface area contributed by atoms with Gasteiger partial charge in [0.05, 0.1) is 22.8 Å². The Bertz CT molecular complexity index is 871. The van der Waals surface area contributed by atoms with Gasteiger partial charge in [-0.2, -0.15) is 10.2 Å². The van der Waals surface area contributed by atoms with Gasteiger partial charge in [-0.15, -0.1) is 0 Å². The zero-order valence-electron chi connectivity index (χ0n) is 11.5. The highest BCUT2D eigenvalue weighted by Crippen LogP contribution is 2.24. The number of hydrogen-bond acceptors (Lipinski definition) is 3. The first-order valence-corrected chi connectivity index (χ1v) is 6.98. The normalized spacial score (nSPS) is 11.3. The number of nitrogens with zero attached hydrogens (tertiary/aromatic N) is 2. The zero-order valence-corrected chi connectivity index (χ0v) is 12.2. The molecule has 0 saturated carbocycles. The number of aromatic carboxylic acids is 1. The third-order valence-corrected chi connectivity index (χ3v) is 3.61. The Balaban J connectivity index is 1.80. The summed E-state index contributed by atoms with van der Waals surface area (Å²) in [4.78, 5) is 14.2. The van der Waals surface area contributed by atoms with Gasteiger partial charge in [-0.05, 0) is 24.3 Å². The molecule has 0 aliphatic carbocycles. The molecule has 22 heavy (non-hydrogen) atoms. The van der Waals surface area contributed by atoms with Crippen LogP contribution in [-0.4, -0.2) is 16.1 Å². The molecule has 0 aliphatic heterocycles. The highest BCUT2D eigenvalue weighted by Gasteiger charge is 2.09. The molecular weight excluding hydrogens is 302 g/mol. The molecule has 0 unspecified atom stereocenters. The molecule has 0 spiro atoms. The quantitative estimate of drug-likeness (QED) is 0.678. The summed E-state index contributed by atoms with van der Waals surface area (Å²) in [6.45, 7) is 0.412. The zero-order chi connectivity index (χ0) is 15.5. The van der Waals surface area contributed by atoms with Crippen LogP contribution in [0.25, 0.3) is 10.9 Å². The van der Waals surface area contributed by atoms with E-state index >= 15 is 0 Å². The Labute approximate surface area is 131 Å². The van der Waals surface area contributed by atoms with Gasteiger partial charge in [0.2, 0.25) is 0 Å². The average Bonchev–Trinajstić information content (AvgIpc) is 2.92. The molecule has 1 heterocycles. The molecule has 0 atom stereocenters. The second kappa shape index (κ2) is 5.99. The smallest absolute Gasteiger partial charge is 0.337 e. The van der Waals surface area contributed by atoms with Crippen LogP contribution in [-0.2, 0) is 6.54 Å². The van der Waals surface area contributed by atoms with Crippen molar-refractivity contribution in [2.45, 2.75) is 6.54 Å². The number of aromatic nitrogens is 1. The maximum atomic E-state index is 11.0. The van der Waals surface area contributed by atoms with Gasteiger partial charge in [-0.1, -0.05) is 29.8 Å². The van der Waals surface area contributed by atoms with E-state index in [1.807, 2.05) is 30.5 Å². The first-order valence-electron chi connectivity index (χ1n) is 6.60. The van der Waals surface area contributed by atoms with E-state index in [0.717, 1.165) is 16.5 Å². The van der Waals surface area contributed by atoms with Crippen molar-refractivity contribution in [2.75, 3.05) is 0 Å². The molecule has 0 fully saturated rings. The number of rotatable bonds is 4. The van der Waals surface area contributed by atoms with Crippen LogP contribution in [0.15, 0.2) is 58.9 Å². The molecule has 1 aromatic heterocycles. The second-order valence-electron chi connectivity index (χ2n) is 4.73. The molecule has 2 N–H and O–H groups in total. The fraction of sp³-hybridized carbons (Fsp3) is 0.0625. The van der Waals surface area contributed by atoms with Gasteiger partial charge in [0.1, 0.15) is 0 Å². The topological polar surface area (TPSA) is 77.8 Å². The highest BCUT2D eigenvalue weighted by molar-refractivity contribution is 6.33. The lowest BCUT2D eigenvalue weighted by Gasteiger charge is -1.99. The monoisotopic (exact) mass is 313 g/mol. The summed E-state index contributed by atoms with van der Waals surface area (Å²) in [6.07, 6.45) is 1.90. The van der Waals surface area contributed by atoms with Gasteiger partial charge in [-0.25, -0.2) is 4.79 Å². The van der Waals surface area contributed by atoms with Crippen molar-refractivity contribution in [1.29, 1.82) is 0 Å². The Hall–Kier alpha value is -2.66. The number of nitrogens with one attached hydrogen (secondary N) is 1. The van der Waals surface area contributed by atoms with Crippen LogP contribution < -0.4 is 0 Å². The number of fused-ring (bicyclic) bond motifs is 1. The molecule has 0 amide bonds. The van der Waals surface area contributed by atoms with E-state index in [-0.39, 0.29) is 10.6 Å². The number of carbonyl (C=O) groups is 1. The van der Waals surface area contributed by atoms with Gasteiger partial charge >= 0.3 is 5.97 Å². The summed E-state index contributed by atoms with van der Waals surface area (Å²) in [5.74, 6) is -1.08. The highest BCUT2D eigenvalue weighted by atomic mass is 35.5. The van der Waals surface area contributed by atoms with E-state index in [4.69, 9.17) is 16.7 Å². The minimum Gasteiger partial charge on any atom is -0.478 e. The number of aromatic amines is 1. The number of benzene rings is 2. The van der Waals surface area contributed by atoms with E-state index in [0.29, 0.717) is 12.2 Å². The van der Waals surface area contributed by atoms with Crippen molar-refractivity contribution in [3.63, 3.8) is 0 Å². The molecule has 3 rings (SSSR count). The van der Waals surface area contributed by atoms with Gasteiger partial charge in [0, 0.05) is 22.7 Å². The maximum absolute atomic E-state index is 11.0. The Morgan fingerprint density at radius 2 is 2.05 bits per heavy atom. The number of para-hydroxylation sites is 1. The van der Waals surface area contributed by atoms with Crippen molar-refractivity contribution in [2.24, 2.45) is 10.2 Å². The first-order chi connectivity index (χ1) is 10.6. The van der Waals surface area contributed by atoms with E-state index < -0.39 is 5.97 Å². The lowest BCUT2D eigenvalue weighted by Crippen LogP contribution is -1.96. The number of azo groups is 1. The largest absolute Gasteiger partial charge is 0.478 e. The van der Waals surface area contributed by atoms with Gasteiger partial charge in [-0.3, -0.25) is 0 Å². The van der Waals surface area contributed by atoms with Crippen LogP contribution in [0.4, 0.5) is 5.69 Å². The van der Waals surface area contributed by atoms with E-state index in [1.54, 1.807) is 6.07 Å². The van der Waals surface area contributed by atoms with Crippen molar-refractivity contribution in [3.8, 4) is 0 Å². The van der Waals surface area contributed by atoms with Crippen LogP contribution in [0.2, 0.25) is 5.02 Å². The third kappa shape index (κ3) is 2.84. The molecular formula is C16H12ClN3O2. The minimum absolute atomic E-state index is 0.0187. The van der Waals surface area contributed by atoms with Crippen molar-refractivity contribution in [1.82, 2.24) is 4.98 Å². The summed E-state index contributed by atoms with van der Waals surface area (Å²) in [5.41, 5.74) is 2.56. The van der Waals surface area contributed by atoms with Crippen LogP contribution in [0.3, 0.4) is 0 Å². The van der Waals surface area contributed by atoms with Crippen LogP contribution in [0.5, 0.6) is 0 Å². The summed E-state index contributed by atoms with van der Waals surface area (Å²) >= 11 is 5.81. The standard InChI is InChI=1S/C16H12ClN3O2/c17-14-6-5-11(7-13(14)16(21)22)20-19-9-10-8-18-15-4-2-1-3-12(10)15/h1-8,18H,9H2,(H,21,22). The summed E-state index contributed by atoms with van der Waals surface area (Å²) < 4.78 is 0. The molecule has 3 aromatic rings. The Kier molecular flexibility index (Phi) is 3.89. The van der Waals surface area contributed by atoms with Gasteiger partial charge in [0.15, 0.2) is 0 Å². The molecule has 5 nitrogen and oxygen atoms in total. The van der Waals surface area contributed by atoms with E-state index in [9.17, 15) is 4.79 Å². The SMILES string of the molecule is O=C(O)c1cc(N=NCc2c[nH]c3ccccc23)ccc1Cl. The molecule has 2 aromatic carbocycles. The van der Waals surface area contributed by atoms with Gasteiger partial charge in [0.25, 0.3) is 0 Å². The number of hydrogen-bond donors (Lipinski definition) is 2. The van der Waals surface area contributed by atoms with E-state index in [1.165, 1.54) is 12.1 Å². The predicted molar refractivity (Wildman–Crippen MR) is 84.9 cm³/mol. The first kappa shape index (κ1) is 14.3. The van der Waals surface area contributed by atoms with Crippen LogP contribution >= 0.6 is 11.6 Å². The maximum Gasteiger partial charge on any atom is 0.337 e. The van der Waals surface area contributed by atoms with Crippen molar-refractivity contribution >= 4 is 34.2 Å². The molecule has 0 aliphatic rings. The van der Waals surface area contributed by atoms with Crippen molar-refractivity contribution < 1.29 is 9.90 Å². The second-order valence-corrected chi connectivity index (χ2v) is 5.14. The number of carboxylic acid groups (broad SMARTS) is 1. The average molecular weight is 314 g/mol. The number of carboxylic acids is 1. The molecule has 0 bridgehead atoms. The summed E-state index contributed by atoms with van der Waals surface area (Å²) in [6, 6.07) is 12.5. The molecule has 110 valence electrons.